The van der Waals surface area contributed by atoms with Crippen molar-refractivity contribution in [1.29, 1.82) is 0 Å². The molecule has 82 valence electrons. The minimum atomic E-state index is 0.281. The summed E-state index contributed by atoms with van der Waals surface area (Å²) >= 11 is 0. The first-order valence-corrected chi connectivity index (χ1v) is 6.02. The molecule has 0 aromatic rings. The summed E-state index contributed by atoms with van der Waals surface area (Å²) in [6, 6.07) is 0.281. The number of nitrogens with two attached hydrogens (primary N) is 1. The summed E-state index contributed by atoms with van der Waals surface area (Å²) < 4.78 is 0. The normalized spacial score (nSPS) is 27.6. The van der Waals surface area contributed by atoms with Gasteiger partial charge in [0, 0.05) is 18.4 Å². The van der Waals surface area contributed by atoms with Gasteiger partial charge in [0.15, 0.2) is 0 Å². The Hall–Kier alpha value is -0.370. The van der Waals surface area contributed by atoms with Gasteiger partial charge in [-0.3, -0.25) is 4.79 Å². The Morgan fingerprint density at radius 3 is 2.79 bits per heavy atom. The number of hydrogen-bond acceptors (Lipinski definition) is 2. The van der Waals surface area contributed by atoms with Crippen molar-refractivity contribution in [3.63, 3.8) is 0 Å². The lowest BCUT2D eigenvalue weighted by molar-refractivity contribution is -0.124. The molecule has 0 saturated heterocycles. The zero-order valence-corrected chi connectivity index (χ0v) is 9.30. The van der Waals surface area contributed by atoms with Crippen LogP contribution >= 0.6 is 0 Å². The van der Waals surface area contributed by atoms with Crippen LogP contribution in [0.5, 0.6) is 0 Å². The van der Waals surface area contributed by atoms with E-state index >= 15 is 0 Å². The molecule has 0 amide bonds. The summed E-state index contributed by atoms with van der Waals surface area (Å²) in [7, 11) is 0. The lowest BCUT2D eigenvalue weighted by Crippen LogP contribution is -2.31. The van der Waals surface area contributed by atoms with Gasteiger partial charge in [-0.2, -0.15) is 0 Å². The average molecular weight is 197 g/mol. The van der Waals surface area contributed by atoms with Crippen LogP contribution in [0.25, 0.3) is 0 Å². The van der Waals surface area contributed by atoms with Crippen LogP contribution in [0.2, 0.25) is 0 Å². The van der Waals surface area contributed by atoms with E-state index in [4.69, 9.17) is 5.73 Å². The molecule has 0 spiro atoms. The lowest BCUT2D eigenvalue weighted by Gasteiger charge is -2.25. The second-order valence-electron chi connectivity index (χ2n) is 4.55. The van der Waals surface area contributed by atoms with E-state index in [1.165, 1.54) is 12.8 Å². The van der Waals surface area contributed by atoms with Gasteiger partial charge in [-0.15, -0.1) is 0 Å². The standard InChI is InChI=1S/C12H23NO/c1-2-3-4-8-12(14)10-6-5-7-11(13)9-10/h10-11H,2-9,13H2,1H3. The van der Waals surface area contributed by atoms with Crippen molar-refractivity contribution in [2.45, 2.75) is 64.3 Å². The second-order valence-corrected chi connectivity index (χ2v) is 4.55. The molecule has 14 heavy (non-hydrogen) atoms. The molecule has 0 heterocycles. The van der Waals surface area contributed by atoms with Crippen LogP contribution < -0.4 is 5.73 Å². The molecular formula is C12H23NO. The maximum Gasteiger partial charge on any atom is 0.136 e. The molecule has 2 heteroatoms. The molecule has 0 aliphatic heterocycles. The molecule has 1 fully saturated rings. The molecule has 2 N–H and O–H groups in total. The molecule has 1 saturated carbocycles. The van der Waals surface area contributed by atoms with Crippen molar-refractivity contribution < 1.29 is 4.79 Å². The SMILES string of the molecule is CCCCCC(=O)C1CCCC(N)C1. The maximum absolute atomic E-state index is 11.8. The molecule has 1 aliphatic carbocycles. The Kier molecular flexibility index (Phi) is 5.16. The molecule has 2 atom stereocenters. The number of rotatable bonds is 5. The fourth-order valence-corrected chi connectivity index (χ4v) is 2.27. The zero-order valence-electron chi connectivity index (χ0n) is 9.30. The Labute approximate surface area is 87.2 Å². The van der Waals surface area contributed by atoms with Gasteiger partial charge in [0.1, 0.15) is 5.78 Å². The quantitative estimate of drug-likeness (QED) is 0.688. The molecule has 1 aliphatic rings. The third-order valence-electron chi connectivity index (χ3n) is 3.20. The van der Waals surface area contributed by atoms with Gasteiger partial charge in [0.2, 0.25) is 0 Å². The summed E-state index contributed by atoms with van der Waals surface area (Å²) in [6.45, 7) is 2.17. The zero-order chi connectivity index (χ0) is 10.4. The van der Waals surface area contributed by atoms with E-state index in [9.17, 15) is 4.79 Å². The van der Waals surface area contributed by atoms with Gasteiger partial charge >= 0.3 is 0 Å². The van der Waals surface area contributed by atoms with Gasteiger partial charge in [-0.25, -0.2) is 0 Å². The predicted molar refractivity (Wildman–Crippen MR) is 59.1 cm³/mol. The third kappa shape index (κ3) is 3.79. The largest absolute Gasteiger partial charge is 0.328 e. The van der Waals surface area contributed by atoms with Crippen molar-refractivity contribution in [2.75, 3.05) is 0 Å². The summed E-state index contributed by atoms with van der Waals surface area (Å²) in [5.74, 6) is 0.754. The molecule has 0 aromatic heterocycles. The third-order valence-corrected chi connectivity index (χ3v) is 3.20. The average Bonchev–Trinajstić information content (AvgIpc) is 2.18. The number of carbonyl (C=O) groups excluding carboxylic acids is 1. The predicted octanol–water partition coefficient (Wildman–Crippen LogP) is 2.65. The summed E-state index contributed by atoms with van der Waals surface area (Å²) in [5.41, 5.74) is 5.87. The fraction of sp³-hybridized carbons (Fsp3) is 0.917. The minimum Gasteiger partial charge on any atom is -0.328 e. The van der Waals surface area contributed by atoms with E-state index in [1.807, 2.05) is 0 Å². The number of carbonyl (C=O) groups is 1. The molecule has 0 aromatic carbocycles. The number of ketones is 1. The van der Waals surface area contributed by atoms with E-state index in [1.54, 1.807) is 0 Å². The Balaban J connectivity index is 2.22. The van der Waals surface area contributed by atoms with E-state index < -0.39 is 0 Å². The van der Waals surface area contributed by atoms with Gasteiger partial charge in [-0.1, -0.05) is 26.2 Å². The van der Waals surface area contributed by atoms with Crippen LogP contribution in [0.1, 0.15) is 58.3 Å². The number of unbranched alkanes of at least 4 members (excludes halogenated alkanes) is 2. The van der Waals surface area contributed by atoms with Crippen LogP contribution in [0.3, 0.4) is 0 Å². The lowest BCUT2D eigenvalue weighted by atomic mass is 9.82. The van der Waals surface area contributed by atoms with Gasteiger partial charge in [0.25, 0.3) is 0 Å². The Morgan fingerprint density at radius 1 is 1.36 bits per heavy atom. The van der Waals surface area contributed by atoms with Crippen molar-refractivity contribution >= 4 is 5.78 Å². The number of hydrogen-bond donors (Lipinski definition) is 1. The number of Topliss-reactive ketones (excluding diaryl/α,β-unsaturated/α-hetero) is 1. The van der Waals surface area contributed by atoms with Crippen LogP contribution in [-0.2, 0) is 4.79 Å². The van der Waals surface area contributed by atoms with E-state index in [-0.39, 0.29) is 12.0 Å². The van der Waals surface area contributed by atoms with Crippen molar-refractivity contribution in [3.05, 3.63) is 0 Å². The Morgan fingerprint density at radius 2 is 2.14 bits per heavy atom. The first kappa shape index (κ1) is 11.7. The smallest absolute Gasteiger partial charge is 0.136 e. The first-order chi connectivity index (χ1) is 6.74. The molecule has 1 rings (SSSR count). The second kappa shape index (κ2) is 6.18. The monoisotopic (exact) mass is 197 g/mol. The topological polar surface area (TPSA) is 43.1 Å². The summed E-state index contributed by atoms with van der Waals surface area (Å²) in [4.78, 5) is 11.8. The van der Waals surface area contributed by atoms with Gasteiger partial charge in [0.05, 0.1) is 0 Å². The summed E-state index contributed by atoms with van der Waals surface area (Å²) in [6.07, 6.45) is 8.50. The highest BCUT2D eigenvalue weighted by Gasteiger charge is 2.24. The van der Waals surface area contributed by atoms with Crippen molar-refractivity contribution in [3.8, 4) is 0 Å². The maximum atomic E-state index is 11.8. The van der Waals surface area contributed by atoms with E-state index in [2.05, 4.69) is 6.92 Å². The highest BCUT2D eigenvalue weighted by atomic mass is 16.1. The molecule has 0 radical (unpaired) electrons. The highest BCUT2D eigenvalue weighted by molar-refractivity contribution is 5.81. The first-order valence-electron chi connectivity index (χ1n) is 6.02. The van der Waals surface area contributed by atoms with Crippen molar-refractivity contribution in [2.24, 2.45) is 11.7 Å². The molecule has 2 unspecified atom stereocenters. The van der Waals surface area contributed by atoms with Gasteiger partial charge < -0.3 is 5.73 Å². The minimum absolute atomic E-state index is 0.281. The van der Waals surface area contributed by atoms with E-state index in [0.29, 0.717) is 5.78 Å². The van der Waals surface area contributed by atoms with E-state index in [0.717, 1.165) is 38.5 Å². The van der Waals surface area contributed by atoms with Gasteiger partial charge in [-0.05, 0) is 25.7 Å². The fourth-order valence-electron chi connectivity index (χ4n) is 2.27. The molecule has 2 nitrogen and oxygen atoms in total. The Bertz CT molecular complexity index is 179. The summed E-state index contributed by atoms with van der Waals surface area (Å²) in [5, 5.41) is 0. The molecular weight excluding hydrogens is 174 g/mol. The van der Waals surface area contributed by atoms with Crippen LogP contribution in [0.4, 0.5) is 0 Å². The van der Waals surface area contributed by atoms with Crippen LogP contribution in [0.15, 0.2) is 0 Å². The van der Waals surface area contributed by atoms with Crippen LogP contribution in [-0.4, -0.2) is 11.8 Å². The van der Waals surface area contributed by atoms with Crippen LogP contribution in [0, 0.1) is 5.92 Å². The molecule has 0 bridgehead atoms. The highest BCUT2D eigenvalue weighted by Crippen LogP contribution is 2.25. The van der Waals surface area contributed by atoms with Crippen molar-refractivity contribution in [1.82, 2.24) is 0 Å².